The van der Waals surface area contributed by atoms with Gasteiger partial charge in [0.2, 0.25) is 0 Å². The van der Waals surface area contributed by atoms with Crippen molar-refractivity contribution in [2.75, 3.05) is 11.9 Å². The summed E-state index contributed by atoms with van der Waals surface area (Å²) in [4.78, 5) is 23.6. The summed E-state index contributed by atoms with van der Waals surface area (Å²) >= 11 is 5.84. The van der Waals surface area contributed by atoms with Crippen molar-refractivity contribution >= 4 is 29.2 Å². The molecule has 0 atom stereocenters. The zero-order valence-electron chi connectivity index (χ0n) is 13.0. The van der Waals surface area contributed by atoms with Gasteiger partial charge in [-0.1, -0.05) is 41.4 Å². The molecule has 122 valence electrons. The number of hydrogen-bond donors (Lipinski definition) is 1. The van der Waals surface area contributed by atoms with Crippen LogP contribution in [0.15, 0.2) is 42.5 Å². The summed E-state index contributed by atoms with van der Waals surface area (Å²) in [5, 5.41) is 11.9. The summed E-state index contributed by atoms with van der Waals surface area (Å²) in [5.41, 5.74) is 2.47. The molecule has 0 spiro atoms. The Morgan fingerprint density at radius 3 is 2.58 bits per heavy atom. The van der Waals surface area contributed by atoms with E-state index >= 15 is 0 Å². The van der Waals surface area contributed by atoms with E-state index in [2.05, 4.69) is 5.32 Å². The van der Waals surface area contributed by atoms with Crippen LogP contribution in [0.25, 0.3) is 0 Å². The number of aryl methyl sites for hydroxylation is 1. The molecule has 0 radical (unpaired) electrons. The number of carbonyl (C=O) groups is 2. The van der Waals surface area contributed by atoms with Gasteiger partial charge in [0.05, 0.1) is 17.7 Å². The molecule has 0 aliphatic heterocycles. The van der Waals surface area contributed by atoms with Gasteiger partial charge in [-0.25, -0.2) is 0 Å². The minimum atomic E-state index is -0.536. The third-order valence-electron chi connectivity index (χ3n) is 3.21. The average molecular weight is 343 g/mol. The lowest BCUT2D eigenvalue weighted by Gasteiger charge is -2.08. The molecule has 2 aromatic rings. The predicted octanol–water partition coefficient (Wildman–Crippen LogP) is 3.24. The molecular formula is C18H15ClN2O3. The van der Waals surface area contributed by atoms with E-state index in [1.165, 1.54) is 12.1 Å². The number of nitrogens with zero attached hydrogens (tertiary/aromatic N) is 1. The molecule has 0 aliphatic carbocycles. The third kappa shape index (κ3) is 5.11. The summed E-state index contributed by atoms with van der Waals surface area (Å²) in [6.45, 7) is 1.53. The molecule has 0 aliphatic rings. The van der Waals surface area contributed by atoms with Crippen molar-refractivity contribution in [1.29, 1.82) is 5.26 Å². The number of nitriles is 1. The molecule has 2 aromatic carbocycles. The molecule has 0 aromatic heterocycles. The molecule has 0 saturated heterocycles. The normalized spacial score (nSPS) is 9.88. The molecule has 1 N–H and O–H groups in total. The van der Waals surface area contributed by atoms with Gasteiger partial charge in [0.25, 0.3) is 5.91 Å². The van der Waals surface area contributed by atoms with Gasteiger partial charge >= 0.3 is 5.97 Å². The minimum Gasteiger partial charge on any atom is -0.455 e. The summed E-state index contributed by atoms with van der Waals surface area (Å²) in [5.74, 6) is -1.04. The standard InChI is InChI=1S/C18H15ClN2O3/c1-12-2-4-13(5-3-12)8-18(23)24-11-17(22)21-16-9-15(19)7-6-14(16)10-20/h2-7,9H,8,11H2,1H3,(H,21,22). The molecule has 0 saturated carbocycles. The molecule has 24 heavy (non-hydrogen) atoms. The second kappa shape index (κ2) is 8.14. The predicted molar refractivity (Wildman–Crippen MR) is 90.6 cm³/mol. The first-order valence-corrected chi connectivity index (χ1v) is 7.56. The Kier molecular flexibility index (Phi) is 5.94. The number of amides is 1. The lowest BCUT2D eigenvalue weighted by atomic mass is 10.1. The summed E-state index contributed by atoms with van der Waals surface area (Å²) in [7, 11) is 0. The van der Waals surface area contributed by atoms with Gasteiger partial charge in [-0.05, 0) is 30.7 Å². The first-order chi connectivity index (χ1) is 11.5. The van der Waals surface area contributed by atoms with Crippen LogP contribution in [0.2, 0.25) is 5.02 Å². The highest BCUT2D eigenvalue weighted by molar-refractivity contribution is 6.31. The van der Waals surface area contributed by atoms with Crippen molar-refractivity contribution in [1.82, 2.24) is 0 Å². The summed E-state index contributed by atoms with van der Waals surface area (Å²) in [6.07, 6.45) is 0.0914. The SMILES string of the molecule is Cc1ccc(CC(=O)OCC(=O)Nc2cc(Cl)ccc2C#N)cc1. The van der Waals surface area contributed by atoms with Crippen LogP contribution in [0, 0.1) is 18.3 Å². The lowest BCUT2D eigenvalue weighted by molar-refractivity contribution is -0.146. The monoisotopic (exact) mass is 342 g/mol. The highest BCUT2D eigenvalue weighted by atomic mass is 35.5. The Morgan fingerprint density at radius 1 is 1.21 bits per heavy atom. The quantitative estimate of drug-likeness (QED) is 0.846. The van der Waals surface area contributed by atoms with Crippen molar-refractivity contribution in [3.63, 3.8) is 0 Å². The molecule has 0 heterocycles. The van der Waals surface area contributed by atoms with E-state index < -0.39 is 18.5 Å². The maximum atomic E-state index is 11.9. The van der Waals surface area contributed by atoms with Crippen LogP contribution in [0.4, 0.5) is 5.69 Å². The van der Waals surface area contributed by atoms with Crippen LogP contribution in [0.5, 0.6) is 0 Å². The fourth-order valence-corrected chi connectivity index (χ4v) is 2.15. The number of ether oxygens (including phenoxy) is 1. The number of nitrogens with one attached hydrogen (secondary N) is 1. The number of anilines is 1. The van der Waals surface area contributed by atoms with Gasteiger partial charge in [0.15, 0.2) is 6.61 Å². The van der Waals surface area contributed by atoms with Gasteiger partial charge in [-0.15, -0.1) is 0 Å². The van der Waals surface area contributed by atoms with Gasteiger partial charge in [0.1, 0.15) is 6.07 Å². The lowest BCUT2D eigenvalue weighted by Crippen LogP contribution is -2.22. The van der Waals surface area contributed by atoms with Crippen molar-refractivity contribution in [3.8, 4) is 6.07 Å². The van der Waals surface area contributed by atoms with E-state index in [1.807, 2.05) is 37.3 Å². The van der Waals surface area contributed by atoms with Crippen molar-refractivity contribution < 1.29 is 14.3 Å². The van der Waals surface area contributed by atoms with Crippen LogP contribution >= 0.6 is 11.6 Å². The largest absolute Gasteiger partial charge is 0.455 e. The molecular weight excluding hydrogens is 328 g/mol. The fourth-order valence-electron chi connectivity index (χ4n) is 1.97. The van der Waals surface area contributed by atoms with Crippen LogP contribution in [-0.4, -0.2) is 18.5 Å². The fraction of sp³-hybridized carbons (Fsp3) is 0.167. The molecule has 0 unspecified atom stereocenters. The van der Waals surface area contributed by atoms with Gasteiger partial charge in [0, 0.05) is 5.02 Å². The van der Waals surface area contributed by atoms with Crippen molar-refractivity contribution in [2.24, 2.45) is 0 Å². The van der Waals surface area contributed by atoms with Gasteiger partial charge in [-0.3, -0.25) is 9.59 Å². The number of esters is 1. The summed E-state index contributed by atoms with van der Waals surface area (Å²) in [6, 6.07) is 13.9. The van der Waals surface area contributed by atoms with Gasteiger partial charge < -0.3 is 10.1 Å². The van der Waals surface area contributed by atoms with E-state index in [1.54, 1.807) is 6.07 Å². The Balaban J connectivity index is 1.87. The molecule has 5 nitrogen and oxygen atoms in total. The highest BCUT2D eigenvalue weighted by Crippen LogP contribution is 2.20. The van der Waals surface area contributed by atoms with Crippen LogP contribution < -0.4 is 5.32 Å². The molecule has 2 rings (SSSR count). The van der Waals surface area contributed by atoms with Crippen LogP contribution in [-0.2, 0) is 20.7 Å². The zero-order valence-corrected chi connectivity index (χ0v) is 13.8. The second-order valence-corrected chi connectivity index (χ2v) is 5.61. The van der Waals surface area contributed by atoms with Crippen molar-refractivity contribution in [3.05, 3.63) is 64.2 Å². The molecule has 0 fully saturated rings. The van der Waals surface area contributed by atoms with Crippen LogP contribution in [0.3, 0.4) is 0 Å². The van der Waals surface area contributed by atoms with E-state index in [0.29, 0.717) is 5.02 Å². The number of halogens is 1. The van der Waals surface area contributed by atoms with Crippen LogP contribution in [0.1, 0.15) is 16.7 Å². The maximum absolute atomic E-state index is 11.9. The van der Waals surface area contributed by atoms with Gasteiger partial charge in [-0.2, -0.15) is 5.26 Å². The number of benzene rings is 2. The minimum absolute atomic E-state index is 0.0914. The number of hydrogen-bond acceptors (Lipinski definition) is 4. The number of carbonyl (C=O) groups excluding carboxylic acids is 2. The Hall–Kier alpha value is -2.84. The van der Waals surface area contributed by atoms with E-state index in [0.717, 1.165) is 11.1 Å². The summed E-state index contributed by atoms with van der Waals surface area (Å²) < 4.78 is 4.95. The van der Waals surface area contributed by atoms with E-state index in [4.69, 9.17) is 21.6 Å². The smallest absolute Gasteiger partial charge is 0.310 e. The van der Waals surface area contributed by atoms with Crippen molar-refractivity contribution in [2.45, 2.75) is 13.3 Å². The number of rotatable bonds is 5. The first-order valence-electron chi connectivity index (χ1n) is 7.18. The average Bonchev–Trinajstić information content (AvgIpc) is 2.55. The van der Waals surface area contributed by atoms with E-state index in [9.17, 15) is 9.59 Å². The topological polar surface area (TPSA) is 79.2 Å². The Labute approximate surface area is 144 Å². The highest BCUT2D eigenvalue weighted by Gasteiger charge is 2.11. The third-order valence-corrected chi connectivity index (χ3v) is 3.44. The molecule has 6 heteroatoms. The Bertz CT molecular complexity index is 795. The molecule has 1 amide bonds. The maximum Gasteiger partial charge on any atom is 0.310 e. The Morgan fingerprint density at radius 2 is 1.92 bits per heavy atom. The first kappa shape index (κ1) is 17.5. The zero-order chi connectivity index (χ0) is 17.5. The van der Waals surface area contributed by atoms with E-state index in [-0.39, 0.29) is 17.7 Å². The molecule has 0 bridgehead atoms. The second-order valence-electron chi connectivity index (χ2n) is 5.17.